The van der Waals surface area contributed by atoms with E-state index in [-0.39, 0.29) is 5.91 Å². The lowest BCUT2D eigenvalue weighted by molar-refractivity contribution is -0.123. The van der Waals surface area contributed by atoms with Crippen molar-refractivity contribution in [2.75, 3.05) is 18.0 Å². The average Bonchev–Trinajstić information content (AvgIpc) is 3.00. The van der Waals surface area contributed by atoms with Gasteiger partial charge in [0.2, 0.25) is 0 Å². The van der Waals surface area contributed by atoms with E-state index in [0.717, 1.165) is 38.2 Å². The summed E-state index contributed by atoms with van der Waals surface area (Å²) in [7, 11) is 0. The van der Waals surface area contributed by atoms with Gasteiger partial charge in [-0.25, -0.2) is 4.99 Å². The van der Waals surface area contributed by atoms with Crippen molar-refractivity contribution in [1.82, 2.24) is 4.90 Å². The second kappa shape index (κ2) is 7.28. The summed E-state index contributed by atoms with van der Waals surface area (Å²) in [6, 6.07) is 19.1. The molecule has 1 fully saturated rings. The van der Waals surface area contributed by atoms with Crippen LogP contribution in [0.3, 0.4) is 0 Å². The second-order valence-corrected chi connectivity index (χ2v) is 7.96. The number of hydrogen-bond acceptors (Lipinski definition) is 3. The molecule has 0 aromatic heterocycles. The lowest BCUT2D eigenvalue weighted by Crippen LogP contribution is -2.56. The van der Waals surface area contributed by atoms with E-state index in [0.29, 0.717) is 5.92 Å². The van der Waals surface area contributed by atoms with Gasteiger partial charge in [-0.15, -0.1) is 0 Å². The van der Waals surface area contributed by atoms with Gasteiger partial charge in [-0.05, 0) is 42.0 Å². The van der Waals surface area contributed by atoms with Crippen molar-refractivity contribution >= 4 is 17.9 Å². The molecule has 0 N–H and O–H groups in total. The Labute approximate surface area is 161 Å². The molecule has 2 aromatic carbocycles. The van der Waals surface area contributed by atoms with Crippen molar-refractivity contribution < 1.29 is 4.79 Å². The minimum absolute atomic E-state index is 0.00907. The van der Waals surface area contributed by atoms with Crippen LogP contribution in [-0.2, 0) is 11.3 Å². The molecule has 1 spiro atoms. The van der Waals surface area contributed by atoms with Gasteiger partial charge in [0.25, 0.3) is 5.91 Å². The predicted molar refractivity (Wildman–Crippen MR) is 110 cm³/mol. The van der Waals surface area contributed by atoms with Crippen molar-refractivity contribution in [1.29, 1.82) is 0 Å². The first-order chi connectivity index (χ1) is 13.1. The number of rotatable bonds is 4. The third kappa shape index (κ3) is 3.42. The maximum atomic E-state index is 12.7. The van der Waals surface area contributed by atoms with Crippen LogP contribution >= 0.6 is 0 Å². The molecule has 0 saturated carbocycles. The number of carbonyl (C=O) groups excluding carboxylic acids is 1. The molecule has 1 amide bonds. The van der Waals surface area contributed by atoms with Crippen LogP contribution in [0.15, 0.2) is 59.6 Å². The molecule has 2 aromatic rings. The molecule has 2 heterocycles. The number of aliphatic imine (C=N–C) groups is 1. The molecule has 2 aliphatic rings. The van der Waals surface area contributed by atoms with Crippen LogP contribution < -0.4 is 4.90 Å². The Hall–Kier alpha value is -2.46. The van der Waals surface area contributed by atoms with Crippen LogP contribution in [0.4, 0.5) is 5.69 Å². The summed E-state index contributed by atoms with van der Waals surface area (Å²) in [6.07, 6.45) is 3.36. The Morgan fingerprint density at radius 3 is 2.30 bits per heavy atom. The number of likely N-dealkylation sites (tertiary alicyclic amines) is 1. The fraction of sp³-hybridized carbons (Fsp3) is 0.391. The van der Waals surface area contributed by atoms with E-state index in [4.69, 9.17) is 0 Å². The third-order valence-electron chi connectivity index (χ3n) is 5.92. The van der Waals surface area contributed by atoms with Gasteiger partial charge in [0.15, 0.2) is 0 Å². The first-order valence-electron chi connectivity index (χ1n) is 9.83. The summed E-state index contributed by atoms with van der Waals surface area (Å²) in [5.41, 5.74) is 3.19. The highest BCUT2D eigenvalue weighted by atomic mass is 16.2. The minimum Gasteiger partial charge on any atom is -0.317 e. The summed E-state index contributed by atoms with van der Waals surface area (Å²) >= 11 is 0. The van der Waals surface area contributed by atoms with Crippen molar-refractivity contribution in [2.45, 2.75) is 44.7 Å². The van der Waals surface area contributed by atoms with Gasteiger partial charge in [0, 0.05) is 25.3 Å². The highest BCUT2D eigenvalue weighted by Crippen LogP contribution is 2.37. The minimum atomic E-state index is -0.507. The first-order valence-corrected chi connectivity index (χ1v) is 9.83. The van der Waals surface area contributed by atoms with E-state index in [2.05, 4.69) is 77.2 Å². The third-order valence-corrected chi connectivity index (χ3v) is 5.92. The monoisotopic (exact) mass is 361 g/mol. The fourth-order valence-electron chi connectivity index (χ4n) is 4.15. The van der Waals surface area contributed by atoms with Gasteiger partial charge >= 0.3 is 0 Å². The van der Waals surface area contributed by atoms with E-state index in [1.165, 1.54) is 11.1 Å². The molecular weight excluding hydrogens is 334 g/mol. The number of hydrogen-bond donors (Lipinski definition) is 0. The van der Waals surface area contributed by atoms with Crippen molar-refractivity contribution in [3.05, 3.63) is 65.7 Å². The molecular formula is C23H27N3O. The number of carbonyl (C=O) groups is 1. The summed E-state index contributed by atoms with van der Waals surface area (Å²) in [5.74, 6) is 0.512. The molecule has 140 valence electrons. The average molecular weight is 361 g/mol. The second-order valence-electron chi connectivity index (χ2n) is 7.96. The van der Waals surface area contributed by atoms with E-state index in [9.17, 15) is 4.79 Å². The molecule has 0 aliphatic carbocycles. The maximum Gasteiger partial charge on any atom is 0.273 e. The van der Waals surface area contributed by atoms with Gasteiger partial charge in [0.1, 0.15) is 5.54 Å². The van der Waals surface area contributed by atoms with Crippen LogP contribution in [0.2, 0.25) is 0 Å². The van der Waals surface area contributed by atoms with Crippen molar-refractivity contribution in [3.8, 4) is 0 Å². The largest absolute Gasteiger partial charge is 0.317 e. The molecule has 27 heavy (non-hydrogen) atoms. The lowest BCUT2D eigenvalue weighted by Gasteiger charge is -2.43. The smallest absolute Gasteiger partial charge is 0.273 e. The highest BCUT2D eigenvalue weighted by molar-refractivity contribution is 6.08. The van der Waals surface area contributed by atoms with E-state index >= 15 is 0 Å². The summed E-state index contributed by atoms with van der Waals surface area (Å²) in [4.78, 5) is 21.4. The SMILES string of the molecule is CC(C)c1ccc(N2C=NC(=O)C23CCN(Cc2ccccc2)CC3)cc1. The molecule has 2 aliphatic heterocycles. The van der Waals surface area contributed by atoms with E-state index in [1.54, 1.807) is 6.34 Å². The van der Waals surface area contributed by atoms with Gasteiger partial charge in [-0.2, -0.15) is 0 Å². The van der Waals surface area contributed by atoms with Crippen molar-refractivity contribution in [2.24, 2.45) is 4.99 Å². The van der Waals surface area contributed by atoms with E-state index < -0.39 is 5.54 Å². The predicted octanol–water partition coefficient (Wildman–Crippen LogP) is 4.22. The summed E-state index contributed by atoms with van der Waals surface area (Å²) in [6.45, 7) is 7.14. The van der Waals surface area contributed by atoms with Gasteiger partial charge in [0.05, 0.1) is 6.34 Å². The maximum absolute atomic E-state index is 12.7. The summed E-state index contributed by atoms with van der Waals surface area (Å²) < 4.78 is 0. The van der Waals surface area contributed by atoms with Crippen LogP contribution in [0.25, 0.3) is 0 Å². The van der Waals surface area contributed by atoms with E-state index in [1.807, 2.05) is 6.07 Å². The number of piperidine rings is 1. The lowest BCUT2D eigenvalue weighted by atomic mass is 9.85. The Morgan fingerprint density at radius 1 is 1.00 bits per heavy atom. The fourth-order valence-corrected chi connectivity index (χ4v) is 4.15. The van der Waals surface area contributed by atoms with Gasteiger partial charge < -0.3 is 4.90 Å². The number of benzene rings is 2. The normalized spacial score (nSPS) is 19.4. The Bertz CT molecular complexity index is 818. The number of nitrogens with zero attached hydrogens (tertiary/aromatic N) is 3. The molecule has 0 atom stereocenters. The Morgan fingerprint density at radius 2 is 1.67 bits per heavy atom. The molecule has 0 bridgehead atoms. The first kappa shape index (κ1) is 17.9. The zero-order valence-corrected chi connectivity index (χ0v) is 16.1. The summed E-state index contributed by atoms with van der Waals surface area (Å²) in [5, 5.41) is 0. The molecule has 0 unspecified atom stereocenters. The molecule has 4 nitrogen and oxygen atoms in total. The van der Waals surface area contributed by atoms with Crippen LogP contribution in [0.5, 0.6) is 0 Å². The number of anilines is 1. The zero-order chi connectivity index (χ0) is 18.9. The topological polar surface area (TPSA) is 35.9 Å². The quantitative estimate of drug-likeness (QED) is 0.818. The van der Waals surface area contributed by atoms with Crippen LogP contribution in [0, 0.1) is 0 Å². The Kier molecular flexibility index (Phi) is 4.83. The molecule has 4 rings (SSSR count). The highest BCUT2D eigenvalue weighted by Gasteiger charge is 2.49. The molecule has 4 heteroatoms. The Balaban J connectivity index is 1.49. The molecule has 0 radical (unpaired) electrons. The van der Waals surface area contributed by atoms with Crippen molar-refractivity contribution in [3.63, 3.8) is 0 Å². The standard InChI is InChI=1S/C23H27N3O/c1-18(2)20-8-10-21(11-9-20)26-17-24-22(27)23(26)12-14-25(15-13-23)16-19-6-4-3-5-7-19/h3-11,17-18H,12-16H2,1-2H3. The van der Waals surface area contributed by atoms with Crippen LogP contribution in [0.1, 0.15) is 43.7 Å². The van der Waals surface area contributed by atoms with Crippen LogP contribution in [-0.4, -0.2) is 35.8 Å². The van der Waals surface area contributed by atoms with Gasteiger partial charge in [-0.3, -0.25) is 9.69 Å². The number of amides is 1. The molecule has 1 saturated heterocycles. The zero-order valence-electron chi connectivity index (χ0n) is 16.1. The van der Waals surface area contributed by atoms with Gasteiger partial charge in [-0.1, -0.05) is 56.3 Å².